The van der Waals surface area contributed by atoms with Gasteiger partial charge in [-0.2, -0.15) is 11.3 Å². The van der Waals surface area contributed by atoms with Crippen LogP contribution in [-0.4, -0.2) is 19.5 Å². The van der Waals surface area contributed by atoms with E-state index in [1.807, 2.05) is 0 Å². The number of carbonyl (C=O) groups is 1. The lowest BCUT2D eigenvalue weighted by molar-refractivity contribution is 0.0696. The summed E-state index contributed by atoms with van der Waals surface area (Å²) in [6, 6.07) is 5.65. The number of hydrogen-bond acceptors (Lipinski definition) is 4. The first-order valence-corrected chi connectivity index (χ1v) is 7.72. The summed E-state index contributed by atoms with van der Waals surface area (Å²) in [6.07, 6.45) is 0. The van der Waals surface area contributed by atoms with Gasteiger partial charge in [0.25, 0.3) is 10.0 Å². The number of benzene rings is 1. The lowest BCUT2D eigenvalue weighted by atomic mass is 10.1. The summed E-state index contributed by atoms with van der Waals surface area (Å²) >= 11 is 1.37. The van der Waals surface area contributed by atoms with E-state index in [-0.39, 0.29) is 10.5 Å². The molecule has 0 atom stereocenters. The summed E-state index contributed by atoms with van der Waals surface area (Å²) in [6.45, 7) is 1.62. The highest BCUT2D eigenvalue weighted by atomic mass is 32.2. The van der Waals surface area contributed by atoms with Gasteiger partial charge in [0.05, 0.1) is 16.1 Å². The molecule has 1 heterocycles. The lowest BCUT2D eigenvalue weighted by Crippen LogP contribution is -2.14. The Hall–Kier alpha value is -1.86. The topological polar surface area (TPSA) is 83.5 Å². The summed E-state index contributed by atoms with van der Waals surface area (Å²) in [5.74, 6) is -1.16. The van der Waals surface area contributed by atoms with Crippen LogP contribution < -0.4 is 4.72 Å². The predicted molar refractivity (Wildman–Crippen MR) is 73.3 cm³/mol. The van der Waals surface area contributed by atoms with Gasteiger partial charge in [0.2, 0.25) is 0 Å². The van der Waals surface area contributed by atoms with Crippen LogP contribution in [0.15, 0.2) is 39.9 Å². The molecule has 0 saturated heterocycles. The second-order valence-electron chi connectivity index (χ2n) is 3.90. The Morgan fingerprint density at radius 3 is 2.63 bits per heavy atom. The monoisotopic (exact) mass is 297 g/mol. The number of nitrogens with one attached hydrogen (secondary N) is 1. The largest absolute Gasteiger partial charge is 0.478 e. The molecule has 100 valence electrons. The highest BCUT2D eigenvalue weighted by Gasteiger charge is 2.19. The quantitative estimate of drug-likeness (QED) is 0.908. The molecular weight excluding hydrogens is 286 g/mol. The summed E-state index contributed by atoms with van der Waals surface area (Å²) in [7, 11) is -3.78. The summed E-state index contributed by atoms with van der Waals surface area (Å²) < 4.78 is 26.8. The Bertz CT molecular complexity index is 705. The molecule has 0 bridgehead atoms. The second-order valence-corrected chi connectivity index (χ2v) is 6.33. The molecule has 1 aromatic heterocycles. The van der Waals surface area contributed by atoms with Crippen molar-refractivity contribution in [3.05, 3.63) is 46.2 Å². The van der Waals surface area contributed by atoms with Gasteiger partial charge < -0.3 is 5.11 Å². The molecule has 0 spiro atoms. The van der Waals surface area contributed by atoms with Gasteiger partial charge in [-0.05, 0) is 36.1 Å². The minimum Gasteiger partial charge on any atom is -0.478 e. The first-order valence-electron chi connectivity index (χ1n) is 5.29. The van der Waals surface area contributed by atoms with Gasteiger partial charge >= 0.3 is 5.97 Å². The van der Waals surface area contributed by atoms with Gasteiger partial charge in [0.1, 0.15) is 0 Å². The van der Waals surface area contributed by atoms with Crippen LogP contribution in [0.1, 0.15) is 15.9 Å². The summed E-state index contributed by atoms with van der Waals surface area (Å²) in [5, 5.41) is 12.3. The summed E-state index contributed by atoms with van der Waals surface area (Å²) in [4.78, 5) is 10.9. The third-order valence-electron chi connectivity index (χ3n) is 2.50. The molecule has 0 radical (unpaired) electrons. The van der Waals surface area contributed by atoms with Crippen LogP contribution in [0.2, 0.25) is 0 Å². The van der Waals surface area contributed by atoms with Crippen molar-refractivity contribution in [1.29, 1.82) is 0 Å². The minimum absolute atomic E-state index is 0.0291. The van der Waals surface area contributed by atoms with Crippen molar-refractivity contribution in [2.75, 3.05) is 4.72 Å². The number of thiophene rings is 1. The summed E-state index contributed by atoms with van der Waals surface area (Å²) in [5.41, 5.74) is 0.897. The van der Waals surface area contributed by atoms with Gasteiger partial charge in [-0.15, -0.1) is 0 Å². The van der Waals surface area contributed by atoms with Gasteiger partial charge in [-0.1, -0.05) is 6.07 Å². The molecule has 7 heteroatoms. The highest BCUT2D eigenvalue weighted by molar-refractivity contribution is 7.92. The molecule has 0 amide bonds. The number of aromatic carboxylic acids is 1. The van der Waals surface area contributed by atoms with Crippen LogP contribution in [0.5, 0.6) is 0 Å². The Morgan fingerprint density at radius 2 is 2.05 bits per heavy atom. The van der Waals surface area contributed by atoms with E-state index >= 15 is 0 Å². The second kappa shape index (κ2) is 5.02. The normalized spacial score (nSPS) is 11.2. The van der Waals surface area contributed by atoms with Crippen molar-refractivity contribution in [2.45, 2.75) is 11.8 Å². The SMILES string of the molecule is Cc1ccc(C(=O)O)cc1S(=O)(=O)Nc1ccsc1. The maximum Gasteiger partial charge on any atom is 0.335 e. The Kier molecular flexibility index (Phi) is 3.59. The van der Waals surface area contributed by atoms with Crippen molar-refractivity contribution >= 4 is 33.0 Å². The fraction of sp³-hybridized carbons (Fsp3) is 0.0833. The van der Waals surface area contributed by atoms with Gasteiger partial charge in [-0.25, -0.2) is 13.2 Å². The molecule has 0 fully saturated rings. The first kappa shape index (κ1) is 13.6. The Morgan fingerprint density at radius 1 is 1.32 bits per heavy atom. The van der Waals surface area contributed by atoms with E-state index in [1.165, 1.54) is 23.5 Å². The third-order valence-corrected chi connectivity index (χ3v) is 4.70. The number of sulfonamides is 1. The van der Waals surface area contributed by atoms with Gasteiger partial charge in [0, 0.05) is 5.38 Å². The number of carboxylic acid groups (broad SMARTS) is 1. The number of hydrogen-bond donors (Lipinski definition) is 2. The zero-order valence-corrected chi connectivity index (χ0v) is 11.6. The van der Waals surface area contributed by atoms with E-state index in [1.54, 1.807) is 23.8 Å². The van der Waals surface area contributed by atoms with Crippen LogP contribution in [0.4, 0.5) is 5.69 Å². The lowest BCUT2D eigenvalue weighted by Gasteiger charge is -2.09. The third kappa shape index (κ3) is 2.94. The smallest absolute Gasteiger partial charge is 0.335 e. The maximum atomic E-state index is 12.2. The van der Waals surface area contributed by atoms with E-state index in [9.17, 15) is 13.2 Å². The average Bonchev–Trinajstić information content (AvgIpc) is 2.81. The first-order chi connectivity index (χ1) is 8.90. The van der Waals surface area contributed by atoms with Crippen LogP contribution in [0, 0.1) is 6.92 Å². The van der Waals surface area contributed by atoms with Gasteiger partial charge in [0.15, 0.2) is 0 Å². The molecular formula is C12H11NO4S2. The molecule has 1 aromatic carbocycles. The molecule has 2 aromatic rings. The van der Waals surface area contributed by atoms with Crippen LogP contribution in [-0.2, 0) is 10.0 Å². The molecule has 0 aliphatic heterocycles. The van der Waals surface area contributed by atoms with E-state index in [2.05, 4.69) is 4.72 Å². The van der Waals surface area contributed by atoms with Crippen LogP contribution >= 0.6 is 11.3 Å². The molecule has 19 heavy (non-hydrogen) atoms. The van der Waals surface area contributed by atoms with Crippen LogP contribution in [0.25, 0.3) is 0 Å². The maximum absolute atomic E-state index is 12.2. The van der Waals surface area contributed by atoms with E-state index in [4.69, 9.17) is 5.11 Å². The Balaban J connectivity index is 2.45. The van der Waals surface area contributed by atoms with Crippen molar-refractivity contribution in [1.82, 2.24) is 0 Å². The minimum atomic E-state index is -3.78. The molecule has 0 aliphatic rings. The zero-order chi connectivity index (χ0) is 14.0. The van der Waals surface area contributed by atoms with Crippen molar-refractivity contribution in [3.63, 3.8) is 0 Å². The number of aryl methyl sites for hydroxylation is 1. The number of rotatable bonds is 4. The number of carboxylic acids is 1. The van der Waals surface area contributed by atoms with Crippen molar-refractivity contribution in [3.8, 4) is 0 Å². The number of anilines is 1. The molecule has 0 saturated carbocycles. The predicted octanol–water partition coefficient (Wildman–Crippen LogP) is 2.56. The molecule has 0 unspecified atom stereocenters. The fourth-order valence-electron chi connectivity index (χ4n) is 1.56. The average molecular weight is 297 g/mol. The highest BCUT2D eigenvalue weighted by Crippen LogP contribution is 2.22. The molecule has 2 N–H and O–H groups in total. The van der Waals surface area contributed by atoms with Crippen LogP contribution in [0.3, 0.4) is 0 Å². The van der Waals surface area contributed by atoms with E-state index in [0.29, 0.717) is 11.3 Å². The van der Waals surface area contributed by atoms with E-state index < -0.39 is 16.0 Å². The van der Waals surface area contributed by atoms with E-state index in [0.717, 1.165) is 6.07 Å². The Labute approximate surface area is 114 Å². The molecule has 5 nitrogen and oxygen atoms in total. The fourth-order valence-corrected chi connectivity index (χ4v) is 3.54. The van der Waals surface area contributed by atoms with Crippen molar-refractivity contribution in [2.24, 2.45) is 0 Å². The zero-order valence-electron chi connectivity index (χ0n) is 9.95. The molecule has 0 aliphatic carbocycles. The standard InChI is InChI=1S/C12H11NO4S2/c1-8-2-3-9(12(14)15)6-11(8)19(16,17)13-10-4-5-18-7-10/h2-7,13H,1H3,(H,14,15). The molecule has 2 rings (SSSR count). The van der Waals surface area contributed by atoms with Crippen molar-refractivity contribution < 1.29 is 18.3 Å². The van der Waals surface area contributed by atoms with Gasteiger partial charge in [-0.3, -0.25) is 4.72 Å².